The Morgan fingerprint density at radius 3 is 2.54 bits per heavy atom. The summed E-state index contributed by atoms with van der Waals surface area (Å²) in [6.45, 7) is 2.83. The van der Waals surface area contributed by atoms with Crippen molar-refractivity contribution in [3.8, 4) is 11.7 Å². The van der Waals surface area contributed by atoms with Crippen LogP contribution in [0, 0.1) is 5.92 Å². The highest BCUT2D eigenvalue weighted by molar-refractivity contribution is 5.80. The Labute approximate surface area is 238 Å². The van der Waals surface area contributed by atoms with Crippen molar-refractivity contribution in [2.24, 2.45) is 5.92 Å². The lowest BCUT2D eigenvalue weighted by molar-refractivity contribution is -0.122. The number of morpholine rings is 1. The fourth-order valence-corrected chi connectivity index (χ4v) is 6.16. The Balaban J connectivity index is 1.18. The summed E-state index contributed by atoms with van der Waals surface area (Å²) in [4.78, 5) is 30.5. The summed E-state index contributed by atoms with van der Waals surface area (Å²) in [5, 5.41) is 0. The van der Waals surface area contributed by atoms with Gasteiger partial charge in [-0.2, -0.15) is 9.97 Å². The van der Waals surface area contributed by atoms with Gasteiger partial charge in [-0.1, -0.05) is 18.6 Å². The topological polar surface area (TPSA) is 85.6 Å². The number of carbonyl (C=O) groups is 1. The van der Waals surface area contributed by atoms with Crippen LogP contribution in [0.3, 0.4) is 0 Å². The Morgan fingerprint density at radius 1 is 1.07 bits per heavy atom. The molecule has 1 saturated heterocycles. The first kappa shape index (κ1) is 28.0. The highest BCUT2D eigenvalue weighted by atomic mass is 19.3. The quantitative estimate of drug-likeness (QED) is 0.339. The number of ketones is 1. The van der Waals surface area contributed by atoms with Crippen molar-refractivity contribution in [1.29, 1.82) is 0 Å². The molecule has 6 rings (SSSR count). The van der Waals surface area contributed by atoms with Crippen molar-refractivity contribution in [3.63, 3.8) is 0 Å². The van der Waals surface area contributed by atoms with E-state index < -0.39 is 6.43 Å². The van der Waals surface area contributed by atoms with E-state index in [1.165, 1.54) is 23.8 Å². The lowest BCUT2D eigenvalue weighted by Gasteiger charge is -2.34. The molecular formula is C30H38F2N6O3. The minimum atomic E-state index is -2.78. The van der Waals surface area contributed by atoms with Crippen LogP contribution in [0.5, 0.6) is 5.88 Å². The molecule has 3 heterocycles. The number of carbonyl (C=O) groups excluding carboxylic acids is 1. The summed E-state index contributed by atoms with van der Waals surface area (Å²) in [5.74, 6) is 1.41. The number of alkyl halides is 2. The third-order valence-corrected chi connectivity index (χ3v) is 8.70. The second kappa shape index (κ2) is 12.4. The molecule has 3 aromatic rings. The zero-order valence-corrected chi connectivity index (χ0v) is 23.6. The summed E-state index contributed by atoms with van der Waals surface area (Å²) in [6, 6.07) is 9.26. The van der Waals surface area contributed by atoms with Gasteiger partial charge in [-0.3, -0.25) is 14.3 Å². The molecule has 2 aromatic heterocycles. The van der Waals surface area contributed by atoms with Crippen molar-refractivity contribution in [2.75, 3.05) is 44.8 Å². The number of aromatic nitrogens is 4. The molecule has 0 amide bonds. The second-order valence-electron chi connectivity index (χ2n) is 11.6. The monoisotopic (exact) mass is 568 g/mol. The largest absolute Gasteiger partial charge is 0.474 e. The molecule has 1 aliphatic heterocycles. The molecule has 0 N–H and O–H groups in total. The lowest BCUT2D eigenvalue weighted by atomic mass is 9.84. The highest BCUT2D eigenvalue weighted by Crippen LogP contribution is 2.33. The van der Waals surface area contributed by atoms with Gasteiger partial charge in [-0.05, 0) is 63.6 Å². The predicted molar refractivity (Wildman–Crippen MR) is 151 cm³/mol. The zero-order chi connectivity index (χ0) is 28.3. The predicted octanol–water partition coefficient (Wildman–Crippen LogP) is 4.97. The molecule has 3 aliphatic rings. The minimum absolute atomic E-state index is 0.0617. The smallest absolute Gasteiger partial charge is 0.296 e. The third kappa shape index (κ3) is 6.35. The van der Waals surface area contributed by atoms with E-state index in [0.29, 0.717) is 85.7 Å². The molecule has 11 heteroatoms. The van der Waals surface area contributed by atoms with Gasteiger partial charge in [-0.25, -0.2) is 13.8 Å². The van der Waals surface area contributed by atoms with Gasteiger partial charge in [0.25, 0.3) is 6.43 Å². The molecule has 0 radical (unpaired) electrons. The van der Waals surface area contributed by atoms with Crippen LogP contribution < -0.4 is 9.64 Å². The summed E-state index contributed by atoms with van der Waals surface area (Å²) in [6.07, 6.45) is 4.91. The van der Waals surface area contributed by atoms with Crippen LogP contribution in [0.4, 0.5) is 14.7 Å². The number of anilines is 1. The third-order valence-electron chi connectivity index (χ3n) is 8.70. The van der Waals surface area contributed by atoms with E-state index in [4.69, 9.17) is 19.4 Å². The van der Waals surface area contributed by atoms with Crippen LogP contribution in [0.1, 0.15) is 63.6 Å². The molecule has 2 saturated carbocycles. The number of fused-ring (bicyclic) bond motifs is 1. The number of rotatable bonds is 10. The molecule has 3 fully saturated rings. The number of hydrogen-bond acceptors (Lipinski definition) is 8. The Morgan fingerprint density at radius 2 is 1.83 bits per heavy atom. The van der Waals surface area contributed by atoms with Gasteiger partial charge in [0.2, 0.25) is 11.8 Å². The van der Waals surface area contributed by atoms with Gasteiger partial charge in [0, 0.05) is 31.6 Å². The number of halogens is 2. The molecule has 220 valence electrons. The van der Waals surface area contributed by atoms with Crippen LogP contribution in [0.15, 0.2) is 30.3 Å². The Hall–Kier alpha value is -3.18. The first-order chi connectivity index (χ1) is 19.9. The molecule has 1 aromatic carbocycles. The number of Topliss-reactive ketones (excluding diaryl/α,β-unsaturated/α-hetero) is 1. The number of hydrogen-bond donors (Lipinski definition) is 0. The highest BCUT2D eigenvalue weighted by Gasteiger charge is 2.29. The zero-order valence-electron chi connectivity index (χ0n) is 23.6. The van der Waals surface area contributed by atoms with Crippen LogP contribution >= 0.6 is 0 Å². The first-order valence-corrected chi connectivity index (χ1v) is 14.8. The number of nitrogens with zero attached hydrogens (tertiary/aromatic N) is 6. The molecule has 0 atom stereocenters. The van der Waals surface area contributed by atoms with Crippen LogP contribution in [-0.4, -0.2) is 82.2 Å². The van der Waals surface area contributed by atoms with Crippen molar-refractivity contribution < 1.29 is 23.0 Å². The molecule has 9 nitrogen and oxygen atoms in total. The maximum Gasteiger partial charge on any atom is 0.296 e. The standard InChI is InChI=1S/C30H38F2N6O3/c1-36(21-5-4-6-21)19-22(39)17-20-9-11-23(12-10-20)41-27-18-26(34-30(35-27)37-13-15-40-16-14-37)38-25-8-3-2-7-24(25)33-29(38)28(31)32/h2-3,7-8,18,20-21,23,28H,4-6,9-17,19H2,1H3. The summed E-state index contributed by atoms with van der Waals surface area (Å²) < 4.78 is 41.5. The average molecular weight is 569 g/mol. The van der Waals surface area contributed by atoms with Gasteiger partial charge in [0.1, 0.15) is 17.7 Å². The van der Waals surface area contributed by atoms with E-state index >= 15 is 0 Å². The Bertz CT molecular complexity index is 1350. The number of para-hydroxylation sites is 2. The minimum Gasteiger partial charge on any atom is -0.474 e. The number of imidazole rings is 1. The van der Waals surface area contributed by atoms with Gasteiger partial charge >= 0.3 is 0 Å². The maximum atomic E-state index is 14.1. The van der Waals surface area contributed by atoms with Crippen molar-refractivity contribution >= 4 is 22.8 Å². The number of benzene rings is 1. The fraction of sp³-hybridized carbons (Fsp3) is 0.600. The molecule has 0 spiro atoms. The maximum absolute atomic E-state index is 14.1. The van der Waals surface area contributed by atoms with Crippen molar-refractivity contribution in [1.82, 2.24) is 24.4 Å². The van der Waals surface area contributed by atoms with E-state index in [0.717, 1.165) is 25.7 Å². The van der Waals surface area contributed by atoms with E-state index in [1.54, 1.807) is 30.3 Å². The normalized spacial score (nSPS) is 21.9. The van der Waals surface area contributed by atoms with E-state index in [2.05, 4.69) is 16.9 Å². The lowest BCUT2D eigenvalue weighted by Crippen LogP contribution is -2.40. The van der Waals surface area contributed by atoms with Gasteiger partial charge in [0.05, 0.1) is 30.8 Å². The van der Waals surface area contributed by atoms with E-state index in [9.17, 15) is 13.6 Å². The van der Waals surface area contributed by atoms with Gasteiger partial charge < -0.3 is 14.4 Å². The van der Waals surface area contributed by atoms with Crippen molar-refractivity contribution in [3.05, 3.63) is 36.2 Å². The van der Waals surface area contributed by atoms with Crippen LogP contribution in [0.25, 0.3) is 16.9 Å². The number of ether oxygens (including phenoxy) is 2. The van der Waals surface area contributed by atoms with Gasteiger partial charge in [-0.15, -0.1) is 0 Å². The number of likely N-dealkylation sites (N-methyl/N-ethyl adjacent to an activating group) is 1. The Kier molecular flexibility index (Phi) is 8.43. The second-order valence-corrected chi connectivity index (χ2v) is 11.6. The SMILES string of the molecule is CN(CC(=O)CC1CCC(Oc2cc(-n3c(C(F)F)nc4ccccc43)nc(N3CCOCC3)n2)CC1)C1CCC1. The first-order valence-electron chi connectivity index (χ1n) is 14.8. The average Bonchev–Trinajstić information content (AvgIpc) is 3.34. The van der Waals surface area contributed by atoms with Gasteiger partial charge in [0.15, 0.2) is 5.82 Å². The molecule has 41 heavy (non-hydrogen) atoms. The molecule has 0 bridgehead atoms. The fourth-order valence-electron chi connectivity index (χ4n) is 6.16. The molecule has 2 aliphatic carbocycles. The summed E-state index contributed by atoms with van der Waals surface area (Å²) in [5.41, 5.74) is 1.03. The van der Waals surface area contributed by atoms with Crippen LogP contribution in [-0.2, 0) is 9.53 Å². The van der Waals surface area contributed by atoms with E-state index in [-0.39, 0.29) is 11.9 Å². The van der Waals surface area contributed by atoms with E-state index in [1.807, 2.05) is 4.90 Å². The van der Waals surface area contributed by atoms with Crippen LogP contribution in [0.2, 0.25) is 0 Å². The molecule has 0 unspecified atom stereocenters. The van der Waals surface area contributed by atoms with Crippen molar-refractivity contribution in [2.45, 2.75) is 69.9 Å². The summed E-state index contributed by atoms with van der Waals surface area (Å²) >= 11 is 0. The molecular weight excluding hydrogens is 530 g/mol. The summed E-state index contributed by atoms with van der Waals surface area (Å²) in [7, 11) is 2.06.